The fourth-order valence-electron chi connectivity index (χ4n) is 8.96. The summed E-state index contributed by atoms with van der Waals surface area (Å²) < 4.78 is 41.4. The van der Waals surface area contributed by atoms with Gasteiger partial charge in [0.1, 0.15) is 17.5 Å². The summed E-state index contributed by atoms with van der Waals surface area (Å²) in [4.78, 5) is 39.9. The first-order valence-corrected chi connectivity index (χ1v) is 24.9. The number of amides is 2. The summed E-state index contributed by atoms with van der Waals surface area (Å²) in [7, 11) is 0. The number of halogens is 4. The standard InChI is InChI=1S/C23H29FN2O.C16H22FNO.C13H18FN.C3H5ClO/c1-2-23(27)26(22-13-7-6-12-21(22)24)18-20-11-8-15-25(17-20)16-14-19-9-4-3-5-10-19;1-2-16(19)18(12-13-8-4-3-5-9-13)15-11-7-6-10-14(15)17;14-12-8-4-5-9-13(12)15-10-11-6-2-1-3-7-11;1-2-3(4)5/h3-7,9-10,12-13,20H,2,8,11,14-18H2,1H3;6-7,10-11,13H,2-5,8-9,12H2,1H3;4-5,8-9,11,15H,1-3,6-7,10H2;2H2,1H3. The zero-order valence-corrected chi connectivity index (χ0v) is 40.4. The Labute approximate surface area is 398 Å². The molecule has 0 aromatic heterocycles. The van der Waals surface area contributed by atoms with Crippen molar-refractivity contribution in [2.45, 2.75) is 124 Å². The monoisotopic (exact) mass is 931 g/mol. The highest BCUT2D eigenvalue weighted by molar-refractivity contribution is 6.63. The van der Waals surface area contributed by atoms with Gasteiger partial charge in [-0.25, -0.2) is 13.2 Å². The third-order valence-corrected chi connectivity index (χ3v) is 13.0. The zero-order valence-electron chi connectivity index (χ0n) is 39.7. The van der Waals surface area contributed by atoms with Crippen molar-refractivity contribution in [2.75, 3.05) is 54.4 Å². The van der Waals surface area contributed by atoms with Crippen LogP contribution in [-0.4, -0.2) is 61.2 Å². The predicted octanol–water partition coefficient (Wildman–Crippen LogP) is 13.7. The first-order chi connectivity index (χ1) is 32.0. The minimum absolute atomic E-state index is 0.00988. The number of nitrogens with zero attached hydrogens (tertiary/aromatic N) is 3. The molecular formula is C55H74ClF3N4O3. The minimum Gasteiger partial charge on any atom is -0.382 e. The van der Waals surface area contributed by atoms with Crippen molar-refractivity contribution in [1.29, 1.82) is 0 Å². The van der Waals surface area contributed by atoms with Crippen molar-refractivity contribution in [3.63, 3.8) is 0 Å². The average molecular weight is 932 g/mol. The Morgan fingerprint density at radius 2 is 1.03 bits per heavy atom. The van der Waals surface area contributed by atoms with Crippen LogP contribution in [0.4, 0.5) is 30.2 Å². The highest BCUT2D eigenvalue weighted by atomic mass is 35.5. The SMILES string of the molecule is CCC(=O)Cl.CCC(=O)N(CC1CCCCC1)c1ccccc1F.CCC(=O)N(CC1CCCN(CCc2ccccc2)C1)c1ccccc1F.Fc1ccccc1NCC1CCCCC1. The third-order valence-electron chi connectivity index (χ3n) is 12.7. The van der Waals surface area contributed by atoms with Gasteiger partial charge in [0.05, 0.1) is 17.1 Å². The van der Waals surface area contributed by atoms with Gasteiger partial charge in [0.15, 0.2) is 0 Å². The first kappa shape index (κ1) is 53.9. The number of hydrogen-bond acceptors (Lipinski definition) is 5. The van der Waals surface area contributed by atoms with Crippen molar-refractivity contribution in [2.24, 2.45) is 17.8 Å². The lowest BCUT2D eigenvalue weighted by atomic mass is 9.88. The fraction of sp³-hybridized carbons (Fsp3) is 0.509. The second-order valence-electron chi connectivity index (χ2n) is 17.7. The largest absolute Gasteiger partial charge is 0.382 e. The fourth-order valence-corrected chi connectivity index (χ4v) is 8.96. The number of anilines is 3. The Morgan fingerprint density at radius 3 is 1.53 bits per heavy atom. The number of nitrogens with one attached hydrogen (secondary N) is 1. The van der Waals surface area contributed by atoms with Crippen LogP contribution >= 0.6 is 11.6 Å². The Balaban J connectivity index is 0.000000214. The number of benzene rings is 4. The molecule has 360 valence electrons. The minimum atomic E-state index is -0.323. The Bertz CT molecular complexity index is 2010. The molecule has 1 heterocycles. The molecule has 2 aliphatic carbocycles. The van der Waals surface area contributed by atoms with Gasteiger partial charge in [-0.1, -0.05) is 126 Å². The number of carbonyl (C=O) groups excluding carboxylic acids is 3. The molecule has 7 rings (SSSR count). The summed E-state index contributed by atoms with van der Waals surface area (Å²) in [5.74, 6) is 0.855. The normalized spacial score (nSPS) is 16.5. The van der Waals surface area contributed by atoms with E-state index < -0.39 is 0 Å². The lowest BCUT2D eigenvalue weighted by Crippen LogP contribution is -2.43. The second kappa shape index (κ2) is 30.6. The van der Waals surface area contributed by atoms with Crippen molar-refractivity contribution >= 4 is 45.7 Å². The number of piperidine rings is 1. The van der Waals surface area contributed by atoms with Crippen LogP contribution in [0.15, 0.2) is 103 Å². The maximum Gasteiger partial charge on any atom is 0.226 e. The summed E-state index contributed by atoms with van der Waals surface area (Å²) >= 11 is 4.82. The van der Waals surface area contributed by atoms with E-state index in [0.29, 0.717) is 61.2 Å². The molecule has 2 amide bonds. The summed E-state index contributed by atoms with van der Waals surface area (Å²) in [6.07, 6.45) is 17.2. The summed E-state index contributed by atoms with van der Waals surface area (Å²) in [5, 5.41) is 2.93. The summed E-state index contributed by atoms with van der Waals surface area (Å²) in [6, 6.07) is 30.6. The van der Waals surface area contributed by atoms with Gasteiger partial charge < -0.3 is 20.0 Å². The molecular weight excluding hydrogens is 857 g/mol. The van der Waals surface area contributed by atoms with E-state index in [1.54, 1.807) is 65.3 Å². The molecule has 4 aromatic carbocycles. The third kappa shape index (κ3) is 19.3. The van der Waals surface area contributed by atoms with E-state index in [-0.39, 0.29) is 34.5 Å². The second-order valence-corrected chi connectivity index (χ2v) is 18.2. The maximum atomic E-state index is 14.3. The average Bonchev–Trinajstić information content (AvgIpc) is 3.36. The van der Waals surface area contributed by atoms with Gasteiger partial charge in [0.25, 0.3) is 0 Å². The van der Waals surface area contributed by atoms with Gasteiger partial charge in [-0.05, 0) is 123 Å². The highest BCUT2D eigenvalue weighted by Crippen LogP contribution is 2.29. The topological polar surface area (TPSA) is 73.0 Å². The number of rotatable bonds is 15. The van der Waals surface area contributed by atoms with Gasteiger partial charge in [-0.2, -0.15) is 0 Å². The lowest BCUT2D eigenvalue weighted by molar-refractivity contribution is -0.119. The number of hydrogen-bond donors (Lipinski definition) is 1. The summed E-state index contributed by atoms with van der Waals surface area (Å²) in [5.41, 5.74) is 2.84. The quantitative estimate of drug-likeness (QED) is 0.120. The molecule has 66 heavy (non-hydrogen) atoms. The molecule has 1 N–H and O–H groups in total. The Kier molecular flexibility index (Phi) is 25.0. The molecule has 3 fully saturated rings. The van der Waals surface area contributed by atoms with E-state index in [1.807, 2.05) is 26.0 Å². The van der Waals surface area contributed by atoms with Gasteiger partial charge in [-0.3, -0.25) is 14.4 Å². The Morgan fingerprint density at radius 1 is 0.576 bits per heavy atom. The van der Waals surface area contributed by atoms with Crippen molar-refractivity contribution in [1.82, 2.24) is 4.90 Å². The smallest absolute Gasteiger partial charge is 0.226 e. The molecule has 1 aliphatic heterocycles. The molecule has 3 aliphatic rings. The Hall–Kier alpha value is -4.67. The van der Waals surface area contributed by atoms with Gasteiger partial charge >= 0.3 is 0 Å². The van der Waals surface area contributed by atoms with Crippen LogP contribution in [0.25, 0.3) is 0 Å². The van der Waals surface area contributed by atoms with E-state index in [0.717, 1.165) is 64.2 Å². The molecule has 2 saturated carbocycles. The van der Waals surface area contributed by atoms with Crippen molar-refractivity contribution < 1.29 is 27.6 Å². The van der Waals surface area contributed by atoms with Crippen molar-refractivity contribution in [3.05, 3.63) is 126 Å². The summed E-state index contributed by atoms with van der Waals surface area (Å²) in [6.45, 7) is 10.7. The lowest BCUT2D eigenvalue weighted by Gasteiger charge is -2.36. The van der Waals surface area contributed by atoms with Gasteiger partial charge in [0.2, 0.25) is 17.1 Å². The molecule has 1 unspecified atom stereocenters. The van der Waals surface area contributed by atoms with Crippen LogP contribution in [0.1, 0.15) is 123 Å². The molecule has 11 heteroatoms. The molecule has 0 bridgehead atoms. The highest BCUT2D eigenvalue weighted by Gasteiger charge is 2.26. The van der Waals surface area contributed by atoms with Crippen LogP contribution in [-0.2, 0) is 20.8 Å². The number of para-hydroxylation sites is 3. The van der Waals surface area contributed by atoms with Crippen LogP contribution in [0.5, 0.6) is 0 Å². The molecule has 0 spiro atoms. The van der Waals surface area contributed by atoms with Gasteiger partial charge in [0, 0.05) is 52.0 Å². The van der Waals surface area contributed by atoms with Crippen LogP contribution in [0.2, 0.25) is 0 Å². The van der Waals surface area contributed by atoms with Crippen LogP contribution in [0.3, 0.4) is 0 Å². The van der Waals surface area contributed by atoms with Crippen LogP contribution in [0, 0.1) is 35.2 Å². The molecule has 1 saturated heterocycles. The molecule has 0 radical (unpaired) electrons. The van der Waals surface area contributed by atoms with E-state index in [9.17, 15) is 27.6 Å². The van der Waals surface area contributed by atoms with E-state index in [4.69, 9.17) is 11.6 Å². The molecule has 7 nitrogen and oxygen atoms in total. The van der Waals surface area contributed by atoms with Crippen molar-refractivity contribution in [3.8, 4) is 0 Å². The maximum absolute atomic E-state index is 14.3. The predicted molar refractivity (Wildman–Crippen MR) is 267 cm³/mol. The van der Waals surface area contributed by atoms with Crippen LogP contribution < -0.4 is 15.1 Å². The first-order valence-electron chi connectivity index (χ1n) is 24.5. The van der Waals surface area contributed by atoms with E-state index in [1.165, 1.54) is 75.1 Å². The van der Waals surface area contributed by atoms with Gasteiger partial charge in [-0.15, -0.1) is 0 Å². The molecule has 4 aromatic rings. The number of carbonyl (C=O) groups is 3. The van der Waals surface area contributed by atoms with E-state index >= 15 is 0 Å². The van der Waals surface area contributed by atoms with E-state index in [2.05, 4.69) is 34.5 Å². The number of likely N-dealkylation sites (tertiary alicyclic amines) is 1. The zero-order chi connectivity index (χ0) is 47.5. The molecule has 1 atom stereocenters.